The van der Waals surface area contributed by atoms with Crippen molar-refractivity contribution in [3.8, 4) is 0 Å². The normalized spacial score (nSPS) is 16.9. The number of hydrogen-bond acceptors (Lipinski definition) is 4. The Kier molecular flexibility index (Phi) is 7.16. The molecule has 0 unspecified atom stereocenters. The van der Waals surface area contributed by atoms with Crippen LogP contribution in [0.25, 0.3) is 0 Å². The Morgan fingerprint density at radius 1 is 1.24 bits per heavy atom. The zero-order valence-corrected chi connectivity index (χ0v) is 18.4. The first-order valence-corrected chi connectivity index (χ1v) is 10.5. The van der Waals surface area contributed by atoms with Gasteiger partial charge in [0.05, 0.1) is 23.5 Å². The molecule has 1 saturated carbocycles. The van der Waals surface area contributed by atoms with Crippen LogP contribution in [0.3, 0.4) is 0 Å². The van der Waals surface area contributed by atoms with Gasteiger partial charge in [-0.3, -0.25) is 9.59 Å². The van der Waals surface area contributed by atoms with Gasteiger partial charge >= 0.3 is 6.18 Å². The summed E-state index contributed by atoms with van der Waals surface area (Å²) in [5.41, 5.74) is 3.95. The van der Waals surface area contributed by atoms with E-state index < -0.39 is 35.1 Å². The summed E-state index contributed by atoms with van der Waals surface area (Å²) in [6.45, 7) is 0.155. The van der Waals surface area contributed by atoms with Gasteiger partial charge in [-0.05, 0) is 62.7 Å². The Hall–Kier alpha value is -2.88. The van der Waals surface area contributed by atoms with Crippen LogP contribution in [0.1, 0.15) is 46.7 Å². The van der Waals surface area contributed by atoms with Gasteiger partial charge in [0.1, 0.15) is 5.82 Å². The Morgan fingerprint density at radius 3 is 2.42 bits per heavy atom. The van der Waals surface area contributed by atoms with E-state index in [0.717, 1.165) is 0 Å². The maximum absolute atomic E-state index is 14.1. The summed E-state index contributed by atoms with van der Waals surface area (Å²) in [6.07, 6.45) is -1.86. The monoisotopic (exact) mass is 469 g/mol. The highest BCUT2D eigenvalue weighted by Gasteiger charge is 2.67. The van der Waals surface area contributed by atoms with Crippen LogP contribution in [0.4, 0.5) is 17.6 Å². The standard InChI is InChI=1S/C23H27F4N3O3/c1-30(2)16(9-14-3-4-17(21(28)32)19(24)10-14)12-29-20(31)11-18(15-5-8-33-13-15)22(6-7-22)23(25,26)27/h3-5,8,10,13,16,18H,6-7,9,11-12H2,1-2H3,(H2,28,32)(H,29,31)/t16-,18-/m0/s1. The quantitative estimate of drug-likeness (QED) is 0.521. The molecule has 2 aromatic rings. The lowest BCUT2D eigenvalue weighted by Gasteiger charge is -2.29. The minimum Gasteiger partial charge on any atom is -0.472 e. The summed E-state index contributed by atoms with van der Waals surface area (Å²) in [7, 11) is 3.56. The van der Waals surface area contributed by atoms with Crippen molar-refractivity contribution in [1.82, 2.24) is 10.2 Å². The maximum atomic E-state index is 14.1. The molecule has 3 rings (SSSR count). The van der Waals surface area contributed by atoms with Crippen molar-refractivity contribution in [3.63, 3.8) is 0 Å². The lowest BCUT2D eigenvalue weighted by Crippen LogP contribution is -2.42. The molecule has 1 fully saturated rings. The van der Waals surface area contributed by atoms with Gasteiger partial charge in [0, 0.05) is 24.9 Å². The van der Waals surface area contributed by atoms with Gasteiger partial charge in [-0.25, -0.2) is 4.39 Å². The molecule has 6 nitrogen and oxygen atoms in total. The van der Waals surface area contributed by atoms with Crippen molar-refractivity contribution in [1.29, 1.82) is 0 Å². The second kappa shape index (κ2) is 9.54. The number of benzene rings is 1. The third kappa shape index (κ3) is 5.55. The van der Waals surface area contributed by atoms with E-state index >= 15 is 0 Å². The zero-order chi connectivity index (χ0) is 24.4. The summed E-state index contributed by atoms with van der Waals surface area (Å²) in [4.78, 5) is 25.7. The number of carbonyl (C=O) groups is 2. The molecule has 0 saturated heterocycles. The average molecular weight is 469 g/mol. The van der Waals surface area contributed by atoms with Gasteiger partial charge in [-0.1, -0.05) is 6.07 Å². The second-order valence-corrected chi connectivity index (χ2v) is 8.77. The fourth-order valence-corrected chi connectivity index (χ4v) is 4.15. The molecular weight excluding hydrogens is 442 g/mol. The van der Waals surface area contributed by atoms with Crippen molar-refractivity contribution in [2.45, 2.75) is 43.8 Å². The summed E-state index contributed by atoms with van der Waals surface area (Å²) in [6, 6.07) is 5.32. The molecule has 1 aromatic carbocycles. The van der Waals surface area contributed by atoms with E-state index in [-0.39, 0.29) is 37.4 Å². The number of halogens is 4. The van der Waals surface area contributed by atoms with Crippen molar-refractivity contribution >= 4 is 11.8 Å². The number of alkyl halides is 3. The van der Waals surface area contributed by atoms with Crippen LogP contribution in [0, 0.1) is 11.2 Å². The molecule has 33 heavy (non-hydrogen) atoms. The molecule has 2 amide bonds. The van der Waals surface area contributed by atoms with E-state index in [1.165, 1.54) is 30.7 Å². The number of amides is 2. The van der Waals surface area contributed by atoms with Gasteiger partial charge in [-0.15, -0.1) is 0 Å². The third-order valence-corrected chi connectivity index (χ3v) is 6.39. The predicted octanol–water partition coefficient (Wildman–Crippen LogP) is 3.62. The van der Waals surface area contributed by atoms with Gasteiger partial charge < -0.3 is 20.4 Å². The van der Waals surface area contributed by atoms with Crippen molar-refractivity contribution in [2.24, 2.45) is 11.1 Å². The minimum atomic E-state index is -4.41. The van der Waals surface area contributed by atoms with Gasteiger partial charge in [-0.2, -0.15) is 13.2 Å². The summed E-state index contributed by atoms with van der Waals surface area (Å²) < 4.78 is 60.2. The first kappa shape index (κ1) is 24.8. The molecule has 2 atom stereocenters. The summed E-state index contributed by atoms with van der Waals surface area (Å²) in [5.74, 6) is -3.12. The second-order valence-electron chi connectivity index (χ2n) is 8.77. The first-order valence-electron chi connectivity index (χ1n) is 10.5. The number of nitrogens with one attached hydrogen (secondary N) is 1. The first-order chi connectivity index (χ1) is 15.4. The lowest BCUT2D eigenvalue weighted by atomic mass is 9.81. The summed E-state index contributed by atoms with van der Waals surface area (Å²) in [5, 5.41) is 2.73. The Balaban J connectivity index is 1.66. The predicted molar refractivity (Wildman–Crippen MR) is 113 cm³/mol. The minimum absolute atomic E-state index is 0.0210. The molecule has 0 aliphatic heterocycles. The van der Waals surface area contributed by atoms with Crippen LogP contribution in [0.2, 0.25) is 0 Å². The zero-order valence-electron chi connectivity index (χ0n) is 18.4. The van der Waals surface area contributed by atoms with Crippen LogP contribution in [-0.2, 0) is 11.2 Å². The van der Waals surface area contributed by atoms with Gasteiger partial charge in [0.2, 0.25) is 5.91 Å². The fourth-order valence-electron chi connectivity index (χ4n) is 4.15. The Morgan fingerprint density at radius 2 is 1.94 bits per heavy atom. The molecule has 1 heterocycles. The highest BCUT2D eigenvalue weighted by atomic mass is 19.4. The highest BCUT2D eigenvalue weighted by molar-refractivity contribution is 5.93. The average Bonchev–Trinajstić information content (AvgIpc) is 3.36. The molecule has 1 aliphatic rings. The topological polar surface area (TPSA) is 88.6 Å². The van der Waals surface area contributed by atoms with Gasteiger partial charge in [0.25, 0.3) is 5.91 Å². The molecule has 0 bridgehead atoms. The number of nitrogens with two attached hydrogens (primary N) is 1. The largest absolute Gasteiger partial charge is 0.472 e. The SMILES string of the molecule is CN(C)[C@H](CNC(=O)C[C@@H](c1ccoc1)C1(C(F)(F)F)CC1)Cc1ccc(C(N)=O)c(F)c1. The van der Waals surface area contributed by atoms with Crippen LogP contribution >= 0.6 is 0 Å². The van der Waals surface area contributed by atoms with Gasteiger partial charge in [0.15, 0.2) is 0 Å². The molecular formula is C23H27F4N3O3. The van der Waals surface area contributed by atoms with E-state index in [2.05, 4.69) is 5.32 Å². The van der Waals surface area contributed by atoms with E-state index in [4.69, 9.17) is 10.2 Å². The van der Waals surface area contributed by atoms with E-state index in [1.807, 2.05) is 4.90 Å². The number of furan rings is 1. The third-order valence-electron chi connectivity index (χ3n) is 6.39. The Labute approximate surface area is 189 Å². The fraction of sp³-hybridized carbons (Fsp3) is 0.478. The maximum Gasteiger partial charge on any atom is 0.395 e. The number of likely N-dealkylation sites (N-methyl/N-ethyl adjacent to an activating group) is 1. The molecule has 10 heteroatoms. The van der Waals surface area contributed by atoms with Crippen molar-refractivity contribution in [2.75, 3.05) is 20.6 Å². The number of carbonyl (C=O) groups excluding carboxylic acids is 2. The molecule has 1 aromatic heterocycles. The lowest BCUT2D eigenvalue weighted by molar-refractivity contribution is -0.194. The van der Waals surface area contributed by atoms with Crippen LogP contribution < -0.4 is 11.1 Å². The van der Waals surface area contributed by atoms with E-state index in [9.17, 15) is 27.2 Å². The number of hydrogen-bond donors (Lipinski definition) is 2. The molecule has 0 spiro atoms. The van der Waals surface area contributed by atoms with Crippen LogP contribution in [-0.4, -0.2) is 49.6 Å². The molecule has 1 aliphatic carbocycles. The van der Waals surface area contributed by atoms with Crippen LogP contribution in [0.5, 0.6) is 0 Å². The van der Waals surface area contributed by atoms with E-state index in [1.54, 1.807) is 20.2 Å². The molecule has 180 valence electrons. The number of nitrogens with zero attached hydrogens (tertiary/aromatic N) is 1. The highest BCUT2D eigenvalue weighted by Crippen LogP contribution is 2.66. The Bertz CT molecular complexity index is 985. The van der Waals surface area contributed by atoms with Crippen molar-refractivity contribution < 1.29 is 31.6 Å². The number of rotatable bonds is 10. The molecule has 3 N–H and O–H groups in total. The smallest absolute Gasteiger partial charge is 0.395 e. The number of primary amides is 1. The van der Waals surface area contributed by atoms with Crippen molar-refractivity contribution in [3.05, 3.63) is 59.3 Å². The molecule has 0 radical (unpaired) electrons. The van der Waals surface area contributed by atoms with E-state index in [0.29, 0.717) is 17.5 Å². The van der Waals surface area contributed by atoms with Crippen LogP contribution in [0.15, 0.2) is 41.2 Å². The summed E-state index contributed by atoms with van der Waals surface area (Å²) >= 11 is 0.